The molecule has 308 valence electrons. The van der Waals surface area contributed by atoms with Crippen LogP contribution >= 0.6 is 0 Å². The Kier molecular flexibility index (Phi) is 40.9. The Morgan fingerprint density at radius 3 is 0.769 bits per heavy atom. The Labute approximate surface area is 323 Å². The highest BCUT2D eigenvalue weighted by Crippen LogP contribution is 2.16. The Bertz CT molecular complexity index is 768. The molecule has 0 unspecified atom stereocenters. The first-order chi connectivity index (χ1) is 25.5. The Morgan fingerprint density at radius 1 is 0.308 bits per heavy atom. The molecule has 0 bridgehead atoms. The van der Waals surface area contributed by atoms with Gasteiger partial charge in [0.25, 0.3) is 0 Å². The van der Waals surface area contributed by atoms with E-state index >= 15 is 0 Å². The van der Waals surface area contributed by atoms with Crippen LogP contribution in [0.5, 0.6) is 0 Å². The third-order valence-electron chi connectivity index (χ3n) is 10.4. The number of hydrogen-bond acceptors (Lipinski definition) is 6. The number of carbonyl (C=O) groups excluding carboxylic acids is 3. The molecule has 0 amide bonds. The van der Waals surface area contributed by atoms with Crippen molar-refractivity contribution in [3.05, 3.63) is 0 Å². The van der Waals surface area contributed by atoms with E-state index in [9.17, 15) is 14.4 Å². The van der Waals surface area contributed by atoms with Crippen LogP contribution in [0.4, 0.5) is 0 Å². The minimum absolute atomic E-state index is 0.0642. The summed E-state index contributed by atoms with van der Waals surface area (Å²) >= 11 is 0. The third kappa shape index (κ3) is 39.6. The van der Waals surface area contributed by atoms with Crippen LogP contribution in [-0.2, 0) is 28.6 Å². The number of unbranched alkanes of at least 4 members (excludes halogenated alkanes) is 31. The smallest absolute Gasteiger partial charge is 0.306 e. The van der Waals surface area contributed by atoms with Gasteiger partial charge in [0.2, 0.25) is 0 Å². The zero-order valence-corrected chi connectivity index (χ0v) is 35.1. The van der Waals surface area contributed by atoms with E-state index in [1.165, 1.54) is 154 Å². The van der Waals surface area contributed by atoms with Gasteiger partial charge in [-0.25, -0.2) is 0 Å². The van der Waals surface area contributed by atoms with Crippen molar-refractivity contribution in [2.75, 3.05) is 13.2 Å². The monoisotopic (exact) mass is 737 g/mol. The van der Waals surface area contributed by atoms with Crippen molar-refractivity contribution in [2.45, 2.75) is 264 Å². The lowest BCUT2D eigenvalue weighted by molar-refractivity contribution is -0.167. The van der Waals surface area contributed by atoms with Gasteiger partial charge in [-0.15, -0.1) is 0 Å². The number of esters is 3. The maximum absolute atomic E-state index is 12.5. The van der Waals surface area contributed by atoms with E-state index in [0.29, 0.717) is 19.3 Å². The molecule has 0 N–H and O–H groups in total. The zero-order valence-electron chi connectivity index (χ0n) is 35.1. The van der Waals surface area contributed by atoms with E-state index in [0.717, 1.165) is 64.2 Å². The second-order valence-corrected chi connectivity index (χ2v) is 15.7. The lowest BCUT2D eigenvalue weighted by Crippen LogP contribution is -2.30. The van der Waals surface area contributed by atoms with Crippen LogP contribution < -0.4 is 0 Å². The van der Waals surface area contributed by atoms with Crippen molar-refractivity contribution in [1.29, 1.82) is 0 Å². The van der Waals surface area contributed by atoms with Crippen molar-refractivity contribution >= 4 is 17.9 Å². The number of rotatable bonds is 42. The zero-order chi connectivity index (χ0) is 38.0. The molecule has 6 heteroatoms. The summed E-state index contributed by atoms with van der Waals surface area (Å²) in [4.78, 5) is 37.4. The standard InChI is InChI=1S/C46H88O6/c1-4-7-10-13-15-17-19-21-22-23-25-27-29-31-34-36-39-45(48)51-42-43(52-46(49)40-37-32-12-9-6-3)41-50-44(47)38-35-33-30-28-26-24-20-18-16-14-11-8-5-2/h43H,4-42H2,1-3H3/t43-/m1/s1. The summed E-state index contributed by atoms with van der Waals surface area (Å²) in [6.07, 6.45) is 42.6. The molecule has 0 spiro atoms. The average Bonchev–Trinajstić information content (AvgIpc) is 3.14. The predicted octanol–water partition coefficient (Wildman–Crippen LogP) is 14.5. The van der Waals surface area contributed by atoms with Crippen molar-refractivity contribution in [3.8, 4) is 0 Å². The maximum Gasteiger partial charge on any atom is 0.306 e. The predicted molar refractivity (Wildman–Crippen MR) is 220 cm³/mol. The minimum atomic E-state index is -0.756. The van der Waals surface area contributed by atoms with Gasteiger partial charge in [0.15, 0.2) is 6.10 Å². The summed E-state index contributed by atoms with van der Waals surface area (Å²) in [5, 5.41) is 0. The van der Waals surface area contributed by atoms with Gasteiger partial charge in [0.1, 0.15) is 13.2 Å². The van der Waals surface area contributed by atoms with Gasteiger partial charge in [-0.05, 0) is 19.3 Å². The molecule has 0 aliphatic carbocycles. The average molecular weight is 737 g/mol. The normalized spacial score (nSPS) is 11.8. The van der Waals surface area contributed by atoms with E-state index in [-0.39, 0.29) is 31.1 Å². The van der Waals surface area contributed by atoms with Gasteiger partial charge in [-0.2, -0.15) is 0 Å². The molecule has 52 heavy (non-hydrogen) atoms. The second-order valence-electron chi connectivity index (χ2n) is 15.7. The van der Waals surface area contributed by atoms with Gasteiger partial charge >= 0.3 is 17.9 Å². The van der Waals surface area contributed by atoms with Gasteiger partial charge in [0.05, 0.1) is 0 Å². The topological polar surface area (TPSA) is 78.9 Å². The molecule has 0 rings (SSSR count). The molecule has 0 saturated carbocycles. The molecule has 0 aromatic rings. The van der Waals surface area contributed by atoms with Crippen molar-refractivity contribution in [1.82, 2.24) is 0 Å². The quantitative estimate of drug-likeness (QED) is 0.0353. The van der Waals surface area contributed by atoms with Crippen LogP contribution in [0.3, 0.4) is 0 Å². The first kappa shape index (κ1) is 50.4. The lowest BCUT2D eigenvalue weighted by Gasteiger charge is -2.18. The van der Waals surface area contributed by atoms with E-state index in [1.807, 2.05) is 0 Å². The number of ether oxygens (including phenoxy) is 3. The molecule has 0 saturated heterocycles. The summed E-state index contributed by atoms with van der Waals surface area (Å²) in [5.41, 5.74) is 0. The summed E-state index contributed by atoms with van der Waals surface area (Å²) in [7, 11) is 0. The summed E-state index contributed by atoms with van der Waals surface area (Å²) in [6.45, 7) is 6.58. The SMILES string of the molecule is CCCCCCCCCCCCCCCCCCC(=O)OC[C@@H](COC(=O)CCCCCCCCCCCCCCC)OC(=O)CCCCCCC. The third-order valence-corrected chi connectivity index (χ3v) is 10.4. The molecule has 0 radical (unpaired) electrons. The second kappa shape index (κ2) is 42.2. The van der Waals surface area contributed by atoms with Gasteiger partial charge in [-0.3, -0.25) is 14.4 Å². The molecule has 0 aromatic carbocycles. The fourth-order valence-corrected chi connectivity index (χ4v) is 6.85. The Balaban J connectivity index is 4.11. The highest BCUT2D eigenvalue weighted by molar-refractivity contribution is 5.71. The highest BCUT2D eigenvalue weighted by Gasteiger charge is 2.19. The Hall–Kier alpha value is -1.59. The molecule has 1 atom stereocenters. The fraction of sp³-hybridized carbons (Fsp3) is 0.935. The Morgan fingerprint density at radius 2 is 0.519 bits per heavy atom. The van der Waals surface area contributed by atoms with Gasteiger partial charge in [0, 0.05) is 19.3 Å². The largest absolute Gasteiger partial charge is 0.462 e. The van der Waals surface area contributed by atoms with Crippen molar-refractivity contribution < 1.29 is 28.6 Å². The highest BCUT2D eigenvalue weighted by atomic mass is 16.6. The van der Waals surface area contributed by atoms with E-state index in [1.54, 1.807) is 0 Å². The van der Waals surface area contributed by atoms with Crippen LogP contribution in [0.1, 0.15) is 258 Å². The molecular formula is C46H88O6. The first-order valence-corrected chi connectivity index (χ1v) is 23.0. The number of carbonyl (C=O) groups is 3. The van der Waals surface area contributed by atoms with Crippen LogP contribution in [0.25, 0.3) is 0 Å². The summed E-state index contributed by atoms with van der Waals surface area (Å²) in [5.74, 6) is -0.865. The van der Waals surface area contributed by atoms with E-state index in [2.05, 4.69) is 20.8 Å². The lowest BCUT2D eigenvalue weighted by atomic mass is 10.0. The molecule has 6 nitrogen and oxygen atoms in total. The van der Waals surface area contributed by atoms with Crippen LogP contribution in [0.15, 0.2) is 0 Å². The fourth-order valence-electron chi connectivity index (χ4n) is 6.85. The van der Waals surface area contributed by atoms with Gasteiger partial charge < -0.3 is 14.2 Å². The summed E-state index contributed by atoms with van der Waals surface area (Å²) < 4.78 is 16.6. The van der Waals surface area contributed by atoms with Crippen molar-refractivity contribution in [3.63, 3.8) is 0 Å². The minimum Gasteiger partial charge on any atom is -0.462 e. The first-order valence-electron chi connectivity index (χ1n) is 23.0. The van der Waals surface area contributed by atoms with Crippen LogP contribution in [-0.4, -0.2) is 37.2 Å². The van der Waals surface area contributed by atoms with E-state index in [4.69, 9.17) is 14.2 Å². The molecule has 0 aromatic heterocycles. The van der Waals surface area contributed by atoms with Crippen LogP contribution in [0, 0.1) is 0 Å². The molecular weight excluding hydrogens is 649 g/mol. The number of hydrogen-bond donors (Lipinski definition) is 0. The molecule has 0 aliphatic rings. The summed E-state index contributed by atoms with van der Waals surface area (Å²) in [6, 6.07) is 0. The molecule has 0 fully saturated rings. The van der Waals surface area contributed by atoms with Crippen molar-refractivity contribution in [2.24, 2.45) is 0 Å². The molecule has 0 heterocycles. The maximum atomic E-state index is 12.5. The van der Waals surface area contributed by atoms with E-state index < -0.39 is 6.10 Å². The van der Waals surface area contributed by atoms with Gasteiger partial charge in [-0.1, -0.05) is 220 Å². The van der Waals surface area contributed by atoms with Crippen LogP contribution in [0.2, 0.25) is 0 Å². The molecule has 0 aliphatic heterocycles.